The maximum absolute atomic E-state index is 12.6. The predicted octanol–water partition coefficient (Wildman–Crippen LogP) is 2.83. The van der Waals surface area contributed by atoms with E-state index in [0.29, 0.717) is 18.8 Å². The SMILES string of the molecule is C[C@]1(Cn2cc(COc3ccc(C(F)(F)F)cc3)nn2)Cn2cc([N+](=O)[O-])nc2O1. The van der Waals surface area contributed by atoms with Gasteiger partial charge < -0.3 is 19.6 Å². The lowest BCUT2D eigenvalue weighted by Gasteiger charge is -2.21. The van der Waals surface area contributed by atoms with Crippen molar-refractivity contribution in [2.75, 3.05) is 0 Å². The van der Waals surface area contributed by atoms with E-state index in [2.05, 4.69) is 15.3 Å². The van der Waals surface area contributed by atoms with Gasteiger partial charge in [0.15, 0.2) is 0 Å². The lowest BCUT2D eigenvalue weighted by Crippen LogP contribution is -2.36. The summed E-state index contributed by atoms with van der Waals surface area (Å²) in [6, 6.07) is 4.52. The quantitative estimate of drug-likeness (QED) is 0.442. The van der Waals surface area contributed by atoms with Gasteiger partial charge in [-0.15, -0.1) is 5.10 Å². The molecule has 0 saturated heterocycles. The third kappa shape index (κ3) is 4.04. The van der Waals surface area contributed by atoms with Gasteiger partial charge in [0.05, 0.1) is 24.8 Å². The van der Waals surface area contributed by atoms with Crippen LogP contribution in [0.2, 0.25) is 0 Å². The second-order valence-electron chi connectivity index (χ2n) is 7.04. The van der Waals surface area contributed by atoms with Crippen molar-refractivity contribution in [2.24, 2.45) is 0 Å². The van der Waals surface area contributed by atoms with Crippen LogP contribution in [0.25, 0.3) is 0 Å². The lowest BCUT2D eigenvalue weighted by molar-refractivity contribution is -0.389. The van der Waals surface area contributed by atoms with Crippen LogP contribution in [0.5, 0.6) is 11.8 Å². The first-order valence-electron chi connectivity index (χ1n) is 8.71. The van der Waals surface area contributed by atoms with Gasteiger partial charge >= 0.3 is 18.0 Å². The van der Waals surface area contributed by atoms with Crippen LogP contribution in [0.15, 0.2) is 36.7 Å². The monoisotopic (exact) mass is 424 g/mol. The molecule has 0 fully saturated rings. The molecule has 0 bridgehead atoms. The number of hydrogen-bond donors (Lipinski definition) is 0. The van der Waals surface area contributed by atoms with Crippen LogP contribution in [0.1, 0.15) is 18.2 Å². The molecule has 3 heterocycles. The van der Waals surface area contributed by atoms with Crippen LogP contribution in [0.3, 0.4) is 0 Å². The van der Waals surface area contributed by atoms with E-state index in [1.807, 2.05) is 6.92 Å². The zero-order valence-electron chi connectivity index (χ0n) is 15.5. The highest BCUT2D eigenvalue weighted by atomic mass is 19.4. The molecule has 0 N–H and O–H groups in total. The Balaban J connectivity index is 1.34. The summed E-state index contributed by atoms with van der Waals surface area (Å²) >= 11 is 0. The molecule has 0 radical (unpaired) electrons. The normalized spacial score (nSPS) is 18.1. The Hall–Kier alpha value is -3.64. The van der Waals surface area contributed by atoms with Crippen LogP contribution in [0, 0.1) is 10.1 Å². The van der Waals surface area contributed by atoms with E-state index in [4.69, 9.17) is 9.47 Å². The molecule has 1 atom stereocenters. The van der Waals surface area contributed by atoms with Gasteiger partial charge in [0.1, 0.15) is 29.8 Å². The Morgan fingerprint density at radius 1 is 1.30 bits per heavy atom. The molecule has 10 nitrogen and oxygen atoms in total. The summed E-state index contributed by atoms with van der Waals surface area (Å²) in [5.41, 5.74) is -1.00. The number of rotatable bonds is 6. The summed E-state index contributed by atoms with van der Waals surface area (Å²) < 4.78 is 52.0. The first-order chi connectivity index (χ1) is 14.1. The fourth-order valence-corrected chi connectivity index (χ4v) is 3.09. The van der Waals surface area contributed by atoms with Gasteiger partial charge in [-0.25, -0.2) is 4.68 Å². The van der Waals surface area contributed by atoms with Crippen LogP contribution in [-0.4, -0.2) is 35.1 Å². The molecule has 2 aromatic heterocycles. The Labute approximate surface area is 167 Å². The van der Waals surface area contributed by atoms with Crippen molar-refractivity contribution in [3.8, 4) is 11.8 Å². The molecule has 1 aliphatic heterocycles. The Kier molecular flexibility index (Phi) is 4.59. The number of nitro groups is 1. The average molecular weight is 424 g/mol. The van der Waals surface area contributed by atoms with Crippen molar-refractivity contribution in [3.05, 3.63) is 58.0 Å². The van der Waals surface area contributed by atoms with Crippen molar-refractivity contribution >= 4 is 5.82 Å². The molecule has 1 aromatic carbocycles. The minimum absolute atomic E-state index is 0.0245. The van der Waals surface area contributed by atoms with Gasteiger partial charge in [-0.2, -0.15) is 13.2 Å². The van der Waals surface area contributed by atoms with Crippen molar-refractivity contribution in [1.29, 1.82) is 0 Å². The van der Waals surface area contributed by atoms with Crippen LogP contribution < -0.4 is 9.47 Å². The summed E-state index contributed by atoms with van der Waals surface area (Å²) in [6.07, 6.45) is -1.46. The van der Waals surface area contributed by atoms with E-state index in [1.165, 1.54) is 23.0 Å². The second-order valence-corrected chi connectivity index (χ2v) is 7.04. The van der Waals surface area contributed by atoms with E-state index in [9.17, 15) is 23.3 Å². The molecular formula is C17H15F3N6O4. The molecule has 4 rings (SSSR count). The molecule has 0 unspecified atom stereocenters. The van der Waals surface area contributed by atoms with E-state index in [-0.39, 0.29) is 24.2 Å². The van der Waals surface area contributed by atoms with Crippen LogP contribution in [-0.2, 0) is 25.9 Å². The second kappa shape index (κ2) is 7.00. The van der Waals surface area contributed by atoms with E-state index in [1.54, 1.807) is 10.8 Å². The summed E-state index contributed by atoms with van der Waals surface area (Å²) in [5, 5.41) is 18.7. The molecule has 13 heteroatoms. The topological polar surface area (TPSA) is 110 Å². The lowest BCUT2D eigenvalue weighted by atomic mass is 10.1. The maximum Gasteiger partial charge on any atom is 0.416 e. The minimum atomic E-state index is -4.40. The fraction of sp³-hybridized carbons (Fsp3) is 0.353. The number of imidazole rings is 1. The Morgan fingerprint density at radius 3 is 2.67 bits per heavy atom. The van der Waals surface area contributed by atoms with Crippen LogP contribution in [0.4, 0.5) is 19.0 Å². The Morgan fingerprint density at radius 2 is 2.03 bits per heavy atom. The third-order valence-electron chi connectivity index (χ3n) is 4.41. The number of hydrogen-bond acceptors (Lipinski definition) is 7. The summed E-state index contributed by atoms with van der Waals surface area (Å²) in [7, 11) is 0. The number of aromatic nitrogens is 5. The van der Waals surface area contributed by atoms with Crippen molar-refractivity contribution < 1.29 is 27.6 Å². The fourth-order valence-electron chi connectivity index (χ4n) is 3.09. The molecular weight excluding hydrogens is 409 g/mol. The first-order valence-corrected chi connectivity index (χ1v) is 8.71. The van der Waals surface area contributed by atoms with Gasteiger partial charge in [-0.05, 0) is 36.1 Å². The highest BCUT2D eigenvalue weighted by Crippen LogP contribution is 2.32. The number of alkyl halides is 3. The predicted molar refractivity (Wildman–Crippen MR) is 93.7 cm³/mol. The van der Waals surface area contributed by atoms with Crippen molar-refractivity contribution in [2.45, 2.75) is 38.4 Å². The van der Waals surface area contributed by atoms with Gasteiger partial charge in [-0.3, -0.25) is 4.57 Å². The molecule has 0 aliphatic carbocycles. The standard InChI is InChI=1S/C17H15F3N6O4/c1-16(9-24-7-14(26(27)28)21-15(24)30-16)10-25-6-12(22-23-25)8-29-13-4-2-11(3-5-13)17(18,19)20/h2-7H,8-10H2,1H3/t16-/m1/s1. The van der Waals surface area contributed by atoms with Gasteiger partial charge in [-0.1, -0.05) is 5.21 Å². The zero-order chi connectivity index (χ0) is 21.5. The van der Waals surface area contributed by atoms with Gasteiger partial charge in [0.25, 0.3) is 0 Å². The van der Waals surface area contributed by atoms with E-state index in [0.717, 1.165) is 12.1 Å². The number of ether oxygens (including phenoxy) is 2. The molecule has 30 heavy (non-hydrogen) atoms. The van der Waals surface area contributed by atoms with Crippen LogP contribution >= 0.6 is 0 Å². The summed E-state index contributed by atoms with van der Waals surface area (Å²) in [4.78, 5) is 14.0. The zero-order valence-corrected chi connectivity index (χ0v) is 15.5. The van der Waals surface area contributed by atoms with E-state index < -0.39 is 22.3 Å². The highest BCUT2D eigenvalue weighted by molar-refractivity contribution is 5.29. The molecule has 0 spiro atoms. The van der Waals surface area contributed by atoms with Crippen molar-refractivity contribution in [1.82, 2.24) is 24.5 Å². The summed E-state index contributed by atoms with van der Waals surface area (Å²) in [6.45, 7) is 2.49. The third-order valence-corrected chi connectivity index (χ3v) is 4.41. The number of fused-ring (bicyclic) bond motifs is 1. The minimum Gasteiger partial charge on any atom is -0.487 e. The molecule has 0 amide bonds. The average Bonchev–Trinajstić information content (AvgIpc) is 3.33. The van der Waals surface area contributed by atoms with Gasteiger partial charge in [0.2, 0.25) is 0 Å². The summed E-state index contributed by atoms with van der Waals surface area (Å²) in [5.74, 6) is -0.00818. The first kappa shape index (κ1) is 19.7. The van der Waals surface area contributed by atoms with E-state index >= 15 is 0 Å². The number of benzene rings is 1. The largest absolute Gasteiger partial charge is 0.487 e. The van der Waals surface area contributed by atoms with Crippen molar-refractivity contribution in [3.63, 3.8) is 0 Å². The highest BCUT2D eigenvalue weighted by Gasteiger charge is 2.41. The maximum atomic E-state index is 12.6. The number of halogens is 3. The van der Waals surface area contributed by atoms with Gasteiger partial charge in [0, 0.05) is 4.98 Å². The number of nitrogens with zero attached hydrogens (tertiary/aromatic N) is 6. The molecule has 3 aromatic rings. The Bertz CT molecular complexity index is 1050. The molecule has 1 aliphatic rings. The smallest absolute Gasteiger partial charge is 0.416 e. The molecule has 0 saturated carbocycles. The molecule has 158 valence electrons.